The number of nitrogens with one attached hydrogen (secondary N) is 1. The van der Waals surface area contributed by atoms with Gasteiger partial charge >= 0.3 is 0 Å². The average Bonchev–Trinajstić information content (AvgIpc) is 2.80. The second-order valence-electron chi connectivity index (χ2n) is 4.39. The van der Waals surface area contributed by atoms with Gasteiger partial charge in [0.2, 0.25) is 0 Å². The Morgan fingerprint density at radius 2 is 2.19 bits per heavy atom. The number of fused-ring (bicyclic) bond motifs is 1. The zero-order chi connectivity index (χ0) is 14.3. The summed E-state index contributed by atoms with van der Waals surface area (Å²) in [5, 5.41) is 9.46. The molecule has 3 rings (SSSR count). The molecule has 0 aromatic carbocycles. The Bertz CT molecular complexity index is 923. The largest absolute Gasteiger partial charge is 0.325 e. The number of rotatable bonds is 1. The van der Waals surface area contributed by atoms with Gasteiger partial charge in [0.1, 0.15) is 22.4 Å². The first kappa shape index (κ1) is 15.3. The first-order valence-corrected chi connectivity index (χ1v) is 6.25. The lowest BCUT2D eigenvalue weighted by atomic mass is 10.0. The molecule has 3 aromatic rings. The van der Waals surface area contributed by atoms with E-state index >= 15 is 0 Å². The number of aryl methyl sites for hydroxylation is 1. The molecule has 5 nitrogen and oxygen atoms in total. The fraction of sp³-hybridized carbons (Fsp3) is 0.0714. The van der Waals surface area contributed by atoms with Gasteiger partial charge < -0.3 is 4.98 Å². The molecule has 7 heteroatoms. The first-order chi connectivity index (χ1) is 9.60. The van der Waals surface area contributed by atoms with Crippen LogP contribution in [-0.4, -0.2) is 14.4 Å². The summed E-state index contributed by atoms with van der Waals surface area (Å²) >= 11 is 6.05. The molecule has 0 saturated carbocycles. The molecule has 0 aliphatic heterocycles. The van der Waals surface area contributed by atoms with Crippen molar-refractivity contribution in [2.24, 2.45) is 0 Å². The molecule has 0 bridgehead atoms. The zero-order valence-corrected chi connectivity index (χ0v) is 13.4. The smallest absolute Gasteiger partial charge is 0.266 e. The molecule has 0 atom stereocenters. The highest BCUT2D eigenvalue weighted by Gasteiger charge is 2.09. The number of imidazole rings is 1. The Balaban J connectivity index is 0.00000161. The Kier molecular flexibility index (Phi) is 4.16. The van der Waals surface area contributed by atoms with E-state index in [4.69, 9.17) is 16.9 Å². The molecule has 3 heterocycles. The van der Waals surface area contributed by atoms with Crippen molar-refractivity contribution < 1.29 is 0 Å². The first-order valence-electron chi connectivity index (χ1n) is 5.87. The number of hydrogen-bond acceptors (Lipinski definition) is 3. The maximum atomic E-state index is 11.6. The van der Waals surface area contributed by atoms with Crippen molar-refractivity contribution in [3.8, 4) is 17.2 Å². The fourth-order valence-electron chi connectivity index (χ4n) is 2.12. The van der Waals surface area contributed by atoms with Crippen LogP contribution in [0, 0.1) is 18.3 Å². The number of halogens is 2. The quantitative estimate of drug-likeness (QED) is 0.720. The van der Waals surface area contributed by atoms with Crippen LogP contribution in [0.5, 0.6) is 0 Å². The van der Waals surface area contributed by atoms with Crippen LogP contribution in [0.2, 0.25) is 5.15 Å². The summed E-state index contributed by atoms with van der Waals surface area (Å²) in [6.07, 6.45) is 3.40. The van der Waals surface area contributed by atoms with Crippen LogP contribution in [0.1, 0.15) is 11.3 Å². The van der Waals surface area contributed by atoms with Crippen molar-refractivity contribution in [1.82, 2.24) is 14.4 Å². The van der Waals surface area contributed by atoms with Gasteiger partial charge in [-0.3, -0.25) is 9.20 Å². The minimum absolute atomic E-state index is 0. The van der Waals surface area contributed by atoms with E-state index in [1.807, 2.05) is 24.4 Å². The molecule has 106 valence electrons. The Labute approximate surface area is 135 Å². The minimum Gasteiger partial charge on any atom is -0.325 e. The van der Waals surface area contributed by atoms with Crippen LogP contribution >= 0.6 is 28.6 Å². The molecule has 1 N–H and O–H groups in total. The highest BCUT2D eigenvalue weighted by molar-refractivity contribution is 8.93. The summed E-state index contributed by atoms with van der Waals surface area (Å²) in [5.74, 6) is 0. The van der Waals surface area contributed by atoms with Gasteiger partial charge in [-0.25, -0.2) is 4.98 Å². The average molecular weight is 366 g/mol. The molecule has 21 heavy (non-hydrogen) atoms. The van der Waals surface area contributed by atoms with Crippen molar-refractivity contribution >= 4 is 34.2 Å². The maximum Gasteiger partial charge on any atom is 0.266 e. The molecule has 0 aliphatic carbocycles. The van der Waals surface area contributed by atoms with Gasteiger partial charge in [-0.2, -0.15) is 5.26 Å². The Morgan fingerprint density at radius 3 is 2.90 bits per heavy atom. The number of pyridine rings is 2. The summed E-state index contributed by atoms with van der Waals surface area (Å²) in [4.78, 5) is 18.4. The molecular formula is C14H10BrClN4O. The van der Waals surface area contributed by atoms with Crippen molar-refractivity contribution in [3.63, 3.8) is 0 Å². The number of aromatic amines is 1. The zero-order valence-electron chi connectivity index (χ0n) is 10.9. The van der Waals surface area contributed by atoms with Crippen LogP contribution < -0.4 is 5.56 Å². The third-order valence-corrected chi connectivity index (χ3v) is 3.41. The maximum absolute atomic E-state index is 11.6. The van der Waals surface area contributed by atoms with Gasteiger partial charge in [-0.15, -0.1) is 17.0 Å². The van der Waals surface area contributed by atoms with Crippen molar-refractivity contribution in [2.75, 3.05) is 0 Å². The van der Waals surface area contributed by atoms with Gasteiger partial charge in [0.05, 0.1) is 6.20 Å². The summed E-state index contributed by atoms with van der Waals surface area (Å²) in [6, 6.07) is 7.18. The van der Waals surface area contributed by atoms with E-state index in [0.717, 1.165) is 16.8 Å². The van der Waals surface area contributed by atoms with Crippen molar-refractivity contribution in [1.29, 1.82) is 5.26 Å². The molecule has 0 amide bonds. The number of nitriles is 1. The highest BCUT2D eigenvalue weighted by atomic mass is 79.9. The lowest BCUT2D eigenvalue weighted by molar-refractivity contribution is 1.12. The lowest BCUT2D eigenvalue weighted by Crippen LogP contribution is -2.12. The predicted molar refractivity (Wildman–Crippen MR) is 86.0 cm³/mol. The number of aromatic nitrogens is 3. The molecule has 0 aliphatic rings. The van der Waals surface area contributed by atoms with Crippen LogP contribution in [0.25, 0.3) is 16.8 Å². The van der Waals surface area contributed by atoms with E-state index in [2.05, 4.69) is 9.97 Å². The number of hydrogen-bond donors (Lipinski definition) is 1. The summed E-state index contributed by atoms with van der Waals surface area (Å²) in [7, 11) is 0. The summed E-state index contributed by atoms with van der Waals surface area (Å²) < 4.78 is 1.74. The Hall–Kier alpha value is -2.10. The fourth-order valence-corrected chi connectivity index (χ4v) is 2.30. The van der Waals surface area contributed by atoms with Crippen LogP contribution in [0.3, 0.4) is 0 Å². The third kappa shape index (κ3) is 2.58. The normalized spacial score (nSPS) is 10.1. The van der Waals surface area contributed by atoms with E-state index in [1.54, 1.807) is 23.6 Å². The monoisotopic (exact) mass is 364 g/mol. The summed E-state index contributed by atoms with van der Waals surface area (Å²) in [5.41, 5.74) is 2.78. The van der Waals surface area contributed by atoms with E-state index in [1.165, 1.54) is 0 Å². The standard InChI is InChI=1S/C14H9ClN4O.BrH/c1-8-11(4-10(5-16)14(20)18-8)9-2-3-13-17-6-12(15)19(13)7-9;/h2-4,6-7H,1H3,(H,18,20);1H. The van der Waals surface area contributed by atoms with E-state index in [9.17, 15) is 4.79 Å². The highest BCUT2D eigenvalue weighted by Crippen LogP contribution is 2.24. The van der Waals surface area contributed by atoms with E-state index < -0.39 is 0 Å². The molecule has 0 unspecified atom stereocenters. The van der Waals surface area contributed by atoms with Gasteiger partial charge in [0, 0.05) is 23.0 Å². The number of nitrogens with zero attached hydrogens (tertiary/aromatic N) is 3. The summed E-state index contributed by atoms with van der Waals surface area (Å²) in [6.45, 7) is 1.79. The molecule has 0 spiro atoms. The molecule has 0 saturated heterocycles. The van der Waals surface area contributed by atoms with Crippen LogP contribution in [0.15, 0.2) is 35.4 Å². The van der Waals surface area contributed by atoms with Crippen LogP contribution in [0.4, 0.5) is 0 Å². The molecule has 3 aromatic heterocycles. The van der Waals surface area contributed by atoms with Crippen molar-refractivity contribution in [2.45, 2.75) is 6.92 Å². The van der Waals surface area contributed by atoms with Gasteiger partial charge in [0.15, 0.2) is 0 Å². The van der Waals surface area contributed by atoms with Crippen LogP contribution in [-0.2, 0) is 0 Å². The van der Waals surface area contributed by atoms with E-state index in [-0.39, 0.29) is 28.1 Å². The SMILES string of the molecule is Br.Cc1[nH]c(=O)c(C#N)cc1-c1ccc2ncc(Cl)n2c1. The third-order valence-electron chi connectivity index (χ3n) is 3.13. The Morgan fingerprint density at radius 1 is 1.43 bits per heavy atom. The van der Waals surface area contributed by atoms with E-state index in [0.29, 0.717) is 10.8 Å². The molecule has 0 radical (unpaired) electrons. The molecule has 0 fully saturated rings. The number of H-pyrrole nitrogens is 1. The molecular weight excluding hydrogens is 356 g/mol. The lowest BCUT2D eigenvalue weighted by Gasteiger charge is -2.07. The second-order valence-corrected chi connectivity index (χ2v) is 4.78. The van der Waals surface area contributed by atoms with Gasteiger partial charge in [0.25, 0.3) is 5.56 Å². The second kappa shape index (κ2) is 5.72. The minimum atomic E-state index is -0.379. The topological polar surface area (TPSA) is 73.9 Å². The predicted octanol–water partition coefficient (Wildman–Crippen LogP) is 3.10. The van der Waals surface area contributed by atoms with Crippen molar-refractivity contribution in [3.05, 3.63) is 57.4 Å². The van der Waals surface area contributed by atoms with Gasteiger partial charge in [-0.1, -0.05) is 11.6 Å². The van der Waals surface area contributed by atoms with Gasteiger partial charge in [-0.05, 0) is 25.1 Å².